The molecule has 122 valence electrons. The fraction of sp³-hybridized carbons (Fsp3) is 0.474. The van der Waals surface area contributed by atoms with Crippen molar-refractivity contribution in [3.63, 3.8) is 0 Å². The van der Waals surface area contributed by atoms with Gasteiger partial charge >= 0.3 is 0 Å². The van der Waals surface area contributed by atoms with E-state index in [0.717, 1.165) is 12.2 Å². The topological polar surface area (TPSA) is 46.9 Å². The Hall–Kier alpha value is -2.10. The van der Waals surface area contributed by atoms with Crippen LogP contribution in [0.15, 0.2) is 30.6 Å². The van der Waals surface area contributed by atoms with Crippen LogP contribution in [0.3, 0.4) is 0 Å². The van der Waals surface area contributed by atoms with Crippen molar-refractivity contribution in [3.8, 4) is 0 Å². The molecule has 1 amide bonds. The van der Waals surface area contributed by atoms with Gasteiger partial charge in [-0.15, -0.1) is 0 Å². The summed E-state index contributed by atoms with van der Waals surface area (Å²) < 4.78 is 2.01. The number of hydrogen-bond donors (Lipinski definition) is 1. The molecule has 1 heterocycles. The van der Waals surface area contributed by atoms with E-state index < -0.39 is 0 Å². The van der Waals surface area contributed by atoms with E-state index in [1.807, 2.05) is 17.8 Å². The first-order valence-electron chi connectivity index (χ1n) is 8.37. The highest BCUT2D eigenvalue weighted by molar-refractivity contribution is 5.76. The van der Waals surface area contributed by atoms with Crippen molar-refractivity contribution < 1.29 is 4.79 Å². The van der Waals surface area contributed by atoms with Crippen LogP contribution in [0.1, 0.15) is 47.8 Å². The number of carbonyl (C=O) groups excluding carboxylic acids is 1. The monoisotopic (exact) mass is 311 g/mol. The van der Waals surface area contributed by atoms with Crippen LogP contribution >= 0.6 is 0 Å². The predicted octanol–water partition coefficient (Wildman–Crippen LogP) is 3.24. The second kappa shape index (κ2) is 6.57. The molecule has 0 unspecified atom stereocenters. The second-order valence-electron chi connectivity index (χ2n) is 6.70. The van der Waals surface area contributed by atoms with Gasteiger partial charge in [-0.2, -0.15) is 0 Å². The summed E-state index contributed by atoms with van der Waals surface area (Å²) in [5.41, 5.74) is 3.80. The van der Waals surface area contributed by atoms with E-state index in [1.165, 1.54) is 29.5 Å². The van der Waals surface area contributed by atoms with Crippen LogP contribution in [0.25, 0.3) is 0 Å². The van der Waals surface area contributed by atoms with Gasteiger partial charge in [0, 0.05) is 25.9 Å². The van der Waals surface area contributed by atoms with Crippen molar-refractivity contribution in [1.82, 2.24) is 14.9 Å². The van der Waals surface area contributed by atoms with Crippen LogP contribution in [0.5, 0.6) is 0 Å². The fourth-order valence-electron chi connectivity index (χ4n) is 2.96. The molecule has 1 aromatic heterocycles. The molecule has 2 aromatic rings. The summed E-state index contributed by atoms with van der Waals surface area (Å²) in [6.07, 6.45) is 7.39. The third kappa shape index (κ3) is 3.81. The number of hydrogen-bond acceptors (Lipinski definition) is 2. The number of aromatic nitrogens is 2. The van der Waals surface area contributed by atoms with Crippen molar-refractivity contribution in [2.75, 3.05) is 0 Å². The summed E-state index contributed by atoms with van der Waals surface area (Å²) in [4.78, 5) is 16.8. The molecule has 1 aliphatic carbocycles. The summed E-state index contributed by atoms with van der Waals surface area (Å²) >= 11 is 0. The molecule has 1 aliphatic rings. The minimum Gasteiger partial charge on any atom is -0.346 e. The molecule has 0 aliphatic heterocycles. The Labute approximate surface area is 137 Å². The van der Waals surface area contributed by atoms with Gasteiger partial charge in [-0.3, -0.25) is 4.79 Å². The average Bonchev–Trinajstić information content (AvgIpc) is 3.28. The second-order valence-corrected chi connectivity index (χ2v) is 6.70. The molecule has 0 bridgehead atoms. The lowest BCUT2D eigenvalue weighted by Crippen LogP contribution is -2.31. The first kappa shape index (κ1) is 15.8. The third-order valence-corrected chi connectivity index (χ3v) is 4.76. The number of nitrogens with zero attached hydrogens (tertiary/aromatic N) is 2. The van der Waals surface area contributed by atoms with E-state index in [0.29, 0.717) is 12.3 Å². The standard InChI is InChI=1S/C19H25N3O/c1-13-4-5-15(12-14(13)2)6-9-17(23)21-18(16-7-8-16)19-20-10-11-22(19)3/h4-5,10-12,16,18H,6-9H2,1-3H3,(H,21,23)/t18-/m0/s1. The van der Waals surface area contributed by atoms with Gasteiger partial charge in [-0.05, 0) is 55.7 Å². The molecule has 1 aromatic carbocycles. The number of aryl methyl sites for hydroxylation is 4. The zero-order valence-electron chi connectivity index (χ0n) is 14.2. The van der Waals surface area contributed by atoms with Gasteiger partial charge in [0.1, 0.15) is 5.82 Å². The van der Waals surface area contributed by atoms with E-state index in [2.05, 4.69) is 42.3 Å². The molecule has 0 saturated heterocycles. The summed E-state index contributed by atoms with van der Waals surface area (Å²) in [6, 6.07) is 6.48. The number of nitrogens with one attached hydrogen (secondary N) is 1. The van der Waals surface area contributed by atoms with Crippen LogP contribution in [0, 0.1) is 19.8 Å². The molecule has 3 rings (SSSR count). The molecule has 1 N–H and O–H groups in total. The smallest absolute Gasteiger partial charge is 0.220 e. The Kier molecular flexibility index (Phi) is 4.51. The van der Waals surface area contributed by atoms with Gasteiger partial charge in [0.05, 0.1) is 6.04 Å². The molecule has 1 atom stereocenters. The molecule has 1 fully saturated rings. The highest BCUT2D eigenvalue weighted by Crippen LogP contribution is 2.40. The van der Waals surface area contributed by atoms with Crippen molar-refractivity contribution in [1.29, 1.82) is 0 Å². The van der Waals surface area contributed by atoms with Crippen molar-refractivity contribution in [3.05, 3.63) is 53.1 Å². The number of benzene rings is 1. The Morgan fingerprint density at radius 1 is 1.35 bits per heavy atom. The lowest BCUT2D eigenvalue weighted by atomic mass is 10.0. The van der Waals surface area contributed by atoms with E-state index in [9.17, 15) is 4.79 Å². The van der Waals surface area contributed by atoms with Crippen LogP contribution in [0.4, 0.5) is 0 Å². The van der Waals surface area contributed by atoms with Gasteiger partial charge in [-0.1, -0.05) is 18.2 Å². The summed E-state index contributed by atoms with van der Waals surface area (Å²) in [5.74, 6) is 1.62. The number of imidazole rings is 1. The van der Waals surface area contributed by atoms with E-state index in [4.69, 9.17) is 0 Å². The summed E-state index contributed by atoms with van der Waals surface area (Å²) in [7, 11) is 1.99. The van der Waals surface area contributed by atoms with Crippen molar-refractivity contribution in [2.24, 2.45) is 13.0 Å². The number of carbonyl (C=O) groups is 1. The summed E-state index contributed by atoms with van der Waals surface area (Å²) in [6.45, 7) is 4.22. The largest absolute Gasteiger partial charge is 0.346 e. The molecule has 4 nitrogen and oxygen atoms in total. The highest BCUT2D eigenvalue weighted by atomic mass is 16.1. The quantitative estimate of drug-likeness (QED) is 0.890. The Balaban J connectivity index is 1.59. The average molecular weight is 311 g/mol. The fourth-order valence-corrected chi connectivity index (χ4v) is 2.96. The molecule has 23 heavy (non-hydrogen) atoms. The Bertz CT molecular complexity index is 700. The molecule has 1 saturated carbocycles. The highest BCUT2D eigenvalue weighted by Gasteiger charge is 2.35. The summed E-state index contributed by atoms with van der Waals surface area (Å²) in [5, 5.41) is 3.20. The zero-order valence-corrected chi connectivity index (χ0v) is 14.2. The molecule has 0 spiro atoms. The SMILES string of the molecule is Cc1ccc(CCC(=O)N[C@H](c2nccn2C)C2CC2)cc1C. The van der Waals surface area contributed by atoms with Crippen LogP contribution in [-0.2, 0) is 18.3 Å². The van der Waals surface area contributed by atoms with E-state index in [1.54, 1.807) is 6.20 Å². The molecular formula is C19H25N3O. The molecular weight excluding hydrogens is 286 g/mol. The molecule has 4 heteroatoms. The van der Waals surface area contributed by atoms with Gasteiger partial charge in [0.2, 0.25) is 5.91 Å². The maximum absolute atomic E-state index is 12.4. The molecule has 0 radical (unpaired) electrons. The first-order valence-corrected chi connectivity index (χ1v) is 8.37. The minimum absolute atomic E-state index is 0.0576. The predicted molar refractivity (Wildman–Crippen MR) is 91.1 cm³/mol. The lowest BCUT2D eigenvalue weighted by Gasteiger charge is -2.18. The third-order valence-electron chi connectivity index (χ3n) is 4.76. The van der Waals surface area contributed by atoms with Gasteiger partial charge in [0.25, 0.3) is 0 Å². The number of amides is 1. The maximum atomic E-state index is 12.4. The van der Waals surface area contributed by atoms with Gasteiger partial charge in [-0.25, -0.2) is 4.98 Å². The van der Waals surface area contributed by atoms with E-state index in [-0.39, 0.29) is 11.9 Å². The number of rotatable bonds is 6. The maximum Gasteiger partial charge on any atom is 0.220 e. The van der Waals surface area contributed by atoms with Gasteiger partial charge < -0.3 is 9.88 Å². The Morgan fingerprint density at radius 2 is 2.13 bits per heavy atom. The Morgan fingerprint density at radius 3 is 2.74 bits per heavy atom. The van der Waals surface area contributed by atoms with Crippen molar-refractivity contribution in [2.45, 2.75) is 45.6 Å². The lowest BCUT2D eigenvalue weighted by molar-refractivity contribution is -0.122. The zero-order chi connectivity index (χ0) is 16.4. The van der Waals surface area contributed by atoms with Crippen LogP contribution in [0.2, 0.25) is 0 Å². The first-order chi connectivity index (χ1) is 11.0. The van der Waals surface area contributed by atoms with Crippen LogP contribution in [-0.4, -0.2) is 15.5 Å². The minimum atomic E-state index is 0.0576. The van der Waals surface area contributed by atoms with Gasteiger partial charge in [0.15, 0.2) is 0 Å². The van der Waals surface area contributed by atoms with Crippen LogP contribution < -0.4 is 5.32 Å². The van der Waals surface area contributed by atoms with E-state index >= 15 is 0 Å². The normalized spacial score (nSPS) is 15.4. The van der Waals surface area contributed by atoms with Crippen molar-refractivity contribution >= 4 is 5.91 Å².